The Morgan fingerprint density at radius 1 is 1.00 bits per heavy atom. The monoisotopic (exact) mass is 570 g/mol. The largest absolute Gasteiger partial charge is 0.465 e. The van der Waals surface area contributed by atoms with Gasteiger partial charge >= 0.3 is 6.09 Å². The van der Waals surface area contributed by atoms with E-state index in [1.807, 2.05) is 35.3 Å². The van der Waals surface area contributed by atoms with Crippen molar-refractivity contribution in [2.24, 2.45) is 11.3 Å². The fraction of sp³-hybridized carbons (Fsp3) is 0.667. The lowest BCUT2D eigenvalue weighted by molar-refractivity contribution is -0.137. The fourth-order valence-electron chi connectivity index (χ4n) is 7.38. The first-order valence-corrected chi connectivity index (χ1v) is 15.4. The number of amides is 2. The summed E-state index contributed by atoms with van der Waals surface area (Å²) in [5.74, 6) is 0.832. The molecule has 1 aliphatic heterocycles. The molecular formula is C30H43ClN6O3. The van der Waals surface area contributed by atoms with Crippen molar-refractivity contribution in [2.75, 3.05) is 13.1 Å². The van der Waals surface area contributed by atoms with Gasteiger partial charge in [0.25, 0.3) is 0 Å². The van der Waals surface area contributed by atoms with Crippen LogP contribution in [0, 0.1) is 11.3 Å². The zero-order valence-electron chi connectivity index (χ0n) is 23.3. The van der Waals surface area contributed by atoms with E-state index in [-0.39, 0.29) is 29.4 Å². The van der Waals surface area contributed by atoms with Crippen molar-refractivity contribution >= 4 is 23.6 Å². The summed E-state index contributed by atoms with van der Waals surface area (Å²) in [7, 11) is 0. The summed E-state index contributed by atoms with van der Waals surface area (Å²) in [5.41, 5.74) is 1.23. The van der Waals surface area contributed by atoms with Gasteiger partial charge in [-0.05, 0) is 86.8 Å². The first-order chi connectivity index (χ1) is 19.4. The number of halogens is 1. The van der Waals surface area contributed by atoms with Crippen LogP contribution in [0.15, 0.2) is 36.9 Å². The predicted octanol–water partition coefficient (Wildman–Crippen LogP) is 4.90. The number of aromatic nitrogens is 3. The summed E-state index contributed by atoms with van der Waals surface area (Å²) in [6, 6.07) is 7.61. The number of hydrogen-bond donors (Lipinski definition) is 3. The highest BCUT2D eigenvalue weighted by Crippen LogP contribution is 2.47. The van der Waals surface area contributed by atoms with E-state index in [0.29, 0.717) is 17.4 Å². The second-order valence-electron chi connectivity index (χ2n) is 12.2. The maximum atomic E-state index is 14.1. The highest BCUT2D eigenvalue weighted by molar-refractivity contribution is 6.30. The van der Waals surface area contributed by atoms with Crippen molar-refractivity contribution in [2.45, 2.75) is 102 Å². The smallest absolute Gasteiger partial charge is 0.404 e. The minimum Gasteiger partial charge on any atom is -0.465 e. The lowest BCUT2D eigenvalue weighted by Crippen LogP contribution is -2.56. The third kappa shape index (κ3) is 7.35. The van der Waals surface area contributed by atoms with E-state index in [1.54, 1.807) is 6.33 Å². The second kappa shape index (κ2) is 13.3. The maximum Gasteiger partial charge on any atom is 0.404 e. The molecule has 1 aromatic heterocycles. The molecular weight excluding hydrogens is 528 g/mol. The average molecular weight is 571 g/mol. The third-order valence-electron chi connectivity index (χ3n) is 9.63. The van der Waals surface area contributed by atoms with Crippen LogP contribution in [0.25, 0.3) is 0 Å². The Morgan fingerprint density at radius 3 is 2.30 bits per heavy atom. The standard InChI is InChI=1S/C30H43ClN6O3/c31-24-8-6-22(7-9-24)18-27(34-25-10-12-26(13-11-25)35-29(39)40)28(38)36-16-14-30(15-17-36,19-37-21-32-20-33-37)23-4-2-1-3-5-23/h6-9,20-21,23,25-27,34-35H,1-5,10-19H2,(H,39,40)/t25?,26?,27-/m1/s1. The van der Waals surface area contributed by atoms with E-state index in [4.69, 9.17) is 16.7 Å². The van der Waals surface area contributed by atoms with Gasteiger partial charge in [0, 0.05) is 36.7 Å². The van der Waals surface area contributed by atoms with Gasteiger partial charge in [-0.25, -0.2) is 9.78 Å². The van der Waals surface area contributed by atoms with E-state index in [0.717, 1.165) is 63.7 Å². The van der Waals surface area contributed by atoms with E-state index in [2.05, 4.69) is 25.6 Å². The molecule has 2 heterocycles. The number of likely N-dealkylation sites (tertiary alicyclic amines) is 1. The van der Waals surface area contributed by atoms with E-state index < -0.39 is 6.09 Å². The number of rotatable bonds is 9. The number of carbonyl (C=O) groups is 2. The molecule has 0 unspecified atom stereocenters. The molecule has 3 aliphatic rings. The van der Waals surface area contributed by atoms with Crippen molar-refractivity contribution in [3.05, 3.63) is 47.5 Å². The number of carbonyl (C=O) groups excluding carboxylic acids is 1. The van der Waals surface area contributed by atoms with Gasteiger partial charge in [0.05, 0.1) is 6.04 Å². The van der Waals surface area contributed by atoms with Crippen LogP contribution >= 0.6 is 11.6 Å². The van der Waals surface area contributed by atoms with Gasteiger partial charge < -0.3 is 20.6 Å². The molecule has 40 heavy (non-hydrogen) atoms. The third-order valence-corrected chi connectivity index (χ3v) is 9.88. The summed E-state index contributed by atoms with van der Waals surface area (Å²) in [5, 5.41) is 20.5. The summed E-state index contributed by atoms with van der Waals surface area (Å²) < 4.78 is 1.99. The molecule has 2 aromatic rings. The number of hydrogen-bond acceptors (Lipinski definition) is 5. The molecule has 0 spiro atoms. The van der Waals surface area contributed by atoms with Crippen molar-refractivity contribution in [1.29, 1.82) is 0 Å². The molecule has 1 saturated heterocycles. The molecule has 218 valence electrons. The minimum atomic E-state index is -0.967. The zero-order valence-corrected chi connectivity index (χ0v) is 24.1. The van der Waals surface area contributed by atoms with E-state index >= 15 is 0 Å². The van der Waals surface area contributed by atoms with Crippen LogP contribution in [-0.4, -0.2) is 68.0 Å². The van der Waals surface area contributed by atoms with Gasteiger partial charge in [0.1, 0.15) is 12.7 Å². The lowest BCUT2D eigenvalue weighted by atomic mass is 9.63. The van der Waals surface area contributed by atoms with Crippen molar-refractivity contribution in [1.82, 2.24) is 30.3 Å². The van der Waals surface area contributed by atoms with Gasteiger partial charge in [0.2, 0.25) is 5.91 Å². The van der Waals surface area contributed by atoms with Crippen LogP contribution in [-0.2, 0) is 17.8 Å². The predicted molar refractivity (Wildman–Crippen MR) is 154 cm³/mol. The molecule has 1 atom stereocenters. The molecule has 3 N–H and O–H groups in total. The molecule has 5 rings (SSSR count). The number of piperidine rings is 1. The Kier molecular flexibility index (Phi) is 9.63. The molecule has 10 heteroatoms. The minimum absolute atomic E-state index is 0.0130. The highest BCUT2D eigenvalue weighted by Gasteiger charge is 2.44. The Hall–Kier alpha value is -2.65. The van der Waals surface area contributed by atoms with Gasteiger partial charge in [-0.2, -0.15) is 5.10 Å². The van der Waals surface area contributed by atoms with Crippen LogP contribution in [0.2, 0.25) is 5.02 Å². The van der Waals surface area contributed by atoms with Crippen molar-refractivity contribution < 1.29 is 14.7 Å². The molecule has 1 aromatic carbocycles. The Labute approximate surface area is 242 Å². The molecule has 0 bridgehead atoms. The summed E-state index contributed by atoms with van der Waals surface area (Å²) in [6.45, 7) is 2.40. The number of benzene rings is 1. The molecule has 2 saturated carbocycles. The topological polar surface area (TPSA) is 112 Å². The Bertz CT molecular complexity index is 1090. The average Bonchev–Trinajstić information content (AvgIpc) is 3.48. The molecule has 2 amide bonds. The normalized spacial score (nSPS) is 24.4. The van der Waals surface area contributed by atoms with Gasteiger partial charge in [-0.15, -0.1) is 0 Å². The second-order valence-corrected chi connectivity index (χ2v) is 12.6. The van der Waals surface area contributed by atoms with Gasteiger partial charge in [-0.1, -0.05) is 43.0 Å². The molecule has 3 fully saturated rings. The van der Waals surface area contributed by atoms with Gasteiger partial charge in [-0.3, -0.25) is 9.48 Å². The first kappa shape index (κ1) is 28.9. The van der Waals surface area contributed by atoms with Crippen molar-refractivity contribution in [3.63, 3.8) is 0 Å². The lowest BCUT2D eigenvalue weighted by Gasteiger charge is -2.48. The van der Waals surface area contributed by atoms with Gasteiger partial charge in [0.15, 0.2) is 0 Å². The number of nitrogens with zero attached hydrogens (tertiary/aromatic N) is 4. The maximum absolute atomic E-state index is 14.1. The molecule has 2 aliphatic carbocycles. The first-order valence-electron chi connectivity index (χ1n) is 15.0. The Morgan fingerprint density at radius 2 is 1.68 bits per heavy atom. The van der Waals surface area contributed by atoms with Crippen LogP contribution in [0.4, 0.5) is 4.79 Å². The van der Waals surface area contributed by atoms with Crippen LogP contribution in [0.5, 0.6) is 0 Å². The highest BCUT2D eigenvalue weighted by atomic mass is 35.5. The van der Waals surface area contributed by atoms with E-state index in [1.165, 1.54) is 32.1 Å². The quantitative estimate of drug-likeness (QED) is 0.395. The number of carboxylic acid groups (broad SMARTS) is 1. The van der Waals surface area contributed by atoms with Crippen LogP contribution in [0.3, 0.4) is 0 Å². The summed E-state index contributed by atoms with van der Waals surface area (Å²) in [6.07, 6.45) is 14.8. The SMILES string of the molecule is O=C(O)NC1CCC(N[C@H](Cc2ccc(Cl)cc2)C(=O)N2CCC(Cn3cncn3)(C3CCCCC3)CC2)CC1. The fourth-order valence-corrected chi connectivity index (χ4v) is 7.50. The van der Waals surface area contributed by atoms with Crippen LogP contribution < -0.4 is 10.6 Å². The van der Waals surface area contributed by atoms with Crippen LogP contribution in [0.1, 0.15) is 76.2 Å². The summed E-state index contributed by atoms with van der Waals surface area (Å²) >= 11 is 6.13. The molecule has 9 nitrogen and oxygen atoms in total. The van der Waals surface area contributed by atoms with E-state index in [9.17, 15) is 9.59 Å². The van der Waals surface area contributed by atoms with Crippen molar-refractivity contribution in [3.8, 4) is 0 Å². The zero-order chi connectivity index (χ0) is 28.0. The molecule has 0 radical (unpaired) electrons. The Balaban J connectivity index is 1.26. The summed E-state index contributed by atoms with van der Waals surface area (Å²) in [4.78, 5) is 31.4. The number of nitrogens with one attached hydrogen (secondary N) is 2.